The van der Waals surface area contributed by atoms with Crippen LogP contribution in [0.4, 0.5) is 0 Å². The Balaban J connectivity index is 2.96. The fourth-order valence-corrected chi connectivity index (χ4v) is 1.43. The van der Waals surface area contributed by atoms with Crippen molar-refractivity contribution >= 4 is 11.6 Å². The largest absolute Gasteiger partial charge is 0.495 e. The van der Waals surface area contributed by atoms with Crippen LogP contribution in [0.1, 0.15) is 11.7 Å². The van der Waals surface area contributed by atoms with Crippen LogP contribution in [0, 0.1) is 0 Å². The molecule has 3 nitrogen and oxygen atoms in total. The Morgan fingerprint density at radius 3 is 2.50 bits per heavy atom. The van der Waals surface area contributed by atoms with E-state index in [1.807, 2.05) is 37.2 Å². The second kappa shape index (κ2) is 4.64. The molecule has 1 aromatic carbocycles. The topological polar surface area (TPSA) is 38.5 Å². The summed E-state index contributed by atoms with van der Waals surface area (Å²) < 4.78 is 5.05. The van der Waals surface area contributed by atoms with Crippen molar-refractivity contribution in [2.75, 3.05) is 21.2 Å². The van der Waals surface area contributed by atoms with E-state index < -0.39 is 0 Å². The Morgan fingerprint density at radius 1 is 1.43 bits per heavy atom. The van der Waals surface area contributed by atoms with Crippen molar-refractivity contribution in [2.45, 2.75) is 6.17 Å². The number of hydrogen-bond donors (Lipinski definition) is 1. The zero-order valence-corrected chi connectivity index (χ0v) is 9.38. The molecule has 78 valence electrons. The van der Waals surface area contributed by atoms with Gasteiger partial charge in [0.15, 0.2) is 0 Å². The first-order valence-electron chi connectivity index (χ1n) is 4.31. The zero-order chi connectivity index (χ0) is 10.7. The van der Waals surface area contributed by atoms with Gasteiger partial charge in [-0.25, -0.2) is 0 Å². The maximum atomic E-state index is 5.98. The van der Waals surface area contributed by atoms with Crippen molar-refractivity contribution < 1.29 is 4.74 Å². The lowest BCUT2D eigenvalue weighted by molar-refractivity contribution is 0.307. The van der Waals surface area contributed by atoms with E-state index >= 15 is 0 Å². The third kappa shape index (κ3) is 2.38. The van der Waals surface area contributed by atoms with Gasteiger partial charge in [-0.15, -0.1) is 0 Å². The molecular formula is C10H15ClN2O. The fraction of sp³-hybridized carbons (Fsp3) is 0.400. The second-order valence-electron chi connectivity index (χ2n) is 3.30. The maximum Gasteiger partial charge on any atom is 0.137 e. The standard InChI is InChI=1S/C10H15ClN2O/c1-13(2)10(12)7-4-5-9(14-3)8(11)6-7/h4-6,10H,12H2,1-3H3. The van der Waals surface area contributed by atoms with E-state index in [1.54, 1.807) is 7.11 Å². The summed E-state index contributed by atoms with van der Waals surface area (Å²) in [6.45, 7) is 0. The van der Waals surface area contributed by atoms with E-state index in [9.17, 15) is 0 Å². The minimum atomic E-state index is -0.140. The molecule has 0 bridgehead atoms. The van der Waals surface area contributed by atoms with Gasteiger partial charge in [0.1, 0.15) is 5.75 Å². The molecule has 0 aliphatic carbocycles. The molecule has 0 radical (unpaired) electrons. The molecule has 1 unspecified atom stereocenters. The van der Waals surface area contributed by atoms with Crippen LogP contribution in [0.5, 0.6) is 5.75 Å². The summed E-state index contributed by atoms with van der Waals surface area (Å²) in [6, 6.07) is 5.56. The van der Waals surface area contributed by atoms with Gasteiger partial charge in [0.2, 0.25) is 0 Å². The molecule has 0 amide bonds. The first-order valence-corrected chi connectivity index (χ1v) is 4.69. The molecule has 14 heavy (non-hydrogen) atoms. The van der Waals surface area contributed by atoms with Crippen LogP contribution >= 0.6 is 11.6 Å². The predicted octanol–water partition coefficient (Wildman–Crippen LogP) is 1.87. The SMILES string of the molecule is COc1ccc(C(N)N(C)C)cc1Cl. The minimum absolute atomic E-state index is 0.140. The van der Waals surface area contributed by atoms with Gasteiger partial charge in [0, 0.05) is 0 Å². The van der Waals surface area contributed by atoms with Crippen LogP contribution in [0.2, 0.25) is 5.02 Å². The zero-order valence-electron chi connectivity index (χ0n) is 8.62. The number of nitrogens with zero attached hydrogens (tertiary/aromatic N) is 1. The average molecular weight is 215 g/mol. The summed E-state index contributed by atoms with van der Waals surface area (Å²) in [6.07, 6.45) is -0.140. The van der Waals surface area contributed by atoms with Crippen LogP contribution in [0.25, 0.3) is 0 Å². The number of methoxy groups -OCH3 is 1. The molecule has 1 rings (SSSR count). The lowest BCUT2D eigenvalue weighted by Gasteiger charge is -2.20. The highest BCUT2D eigenvalue weighted by atomic mass is 35.5. The summed E-state index contributed by atoms with van der Waals surface area (Å²) in [5, 5.41) is 0.585. The van der Waals surface area contributed by atoms with Gasteiger partial charge in [-0.1, -0.05) is 17.7 Å². The van der Waals surface area contributed by atoms with Crippen molar-refractivity contribution in [3.63, 3.8) is 0 Å². The number of halogens is 1. The number of ether oxygens (including phenoxy) is 1. The molecule has 0 saturated heterocycles. The summed E-state index contributed by atoms with van der Waals surface area (Å²) in [4.78, 5) is 1.91. The summed E-state index contributed by atoms with van der Waals surface area (Å²) in [7, 11) is 5.43. The van der Waals surface area contributed by atoms with E-state index in [0.717, 1.165) is 5.56 Å². The Labute approximate surface area is 89.4 Å². The van der Waals surface area contributed by atoms with Gasteiger partial charge in [0.05, 0.1) is 18.3 Å². The molecule has 1 atom stereocenters. The Kier molecular flexibility index (Phi) is 3.75. The second-order valence-corrected chi connectivity index (χ2v) is 3.71. The highest BCUT2D eigenvalue weighted by Crippen LogP contribution is 2.27. The van der Waals surface area contributed by atoms with Crippen LogP contribution in [0.3, 0.4) is 0 Å². The first kappa shape index (κ1) is 11.3. The molecule has 0 spiro atoms. The van der Waals surface area contributed by atoms with Crippen LogP contribution in [-0.4, -0.2) is 26.1 Å². The monoisotopic (exact) mass is 214 g/mol. The lowest BCUT2D eigenvalue weighted by atomic mass is 10.1. The third-order valence-electron chi connectivity index (χ3n) is 2.07. The fourth-order valence-electron chi connectivity index (χ4n) is 1.16. The van der Waals surface area contributed by atoms with Gasteiger partial charge < -0.3 is 10.5 Å². The maximum absolute atomic E-state index is 5.98. The van der Waals surface area contributed by atoms with Gasteiger partial charge in [-0.3, -0.25) is 4.90 Å². The van der Waals surface area contributed by atoms with Crippen molar-refractivity contribution in [1.82, 2.24) is 4.90 Å². The quantitative estimate of drug-likeness (QED) is 0.781. The smallest absolute Gasteiger partial charge is 0.137 e. The van der Waals surface area contributed by atoms with E-state index in [1.165, 1.54) is 0 Å². The number of nitrogens with two attached hydrogens (primary N) is 1. The number of benzene rings is 1. The predicted molar refractivity (Wildman–Crippen MR) is 58.6 cm³/mol. The van der Waals surface area contributed by atoms with E-state index in [4.69, 9.17) is 22.1 Å². The Morgan fingerprint density at radius 2 is 2.07 bits per heavy atom. The number of hydrogen-bond acceptors (Lipinski definition) is 3. The molecule has 0 saturated carbocycles. The average Bonchev–Trinajstić information content (AvgIpc) is 2.16. The first-order chi connectivity index (χ1) is 6.56. The molecule has 1 aromatic rings. The minimum Gasteiger partial charge on any atom is -0.495 e. The van der Waals surface area contributed by atoms with Gasteiger partial charge in [-0.2, -0.15) is 0 Å². The van der Waals surface area contributed by atoms with Crippen molar-refractivity contribution in [1.29, 1.82) is 0 Å². The highest BCUT2D eigenvalue weighted by molar-refractivity contribution is 6.32. The third-order valence-corrected chi connectivity index (χ3v) is 2.37. The van der Waals surface area contributed by atoms with Crippen molar-refractivity contribution in [2.24, 2.45) is 5.73 Å². The lowest BCUT2D eigenvalue weighted by Crippen LogP contribution is -2.27. The van der Waals surface area contributed by atoms with Gasteiger partial charge in [-0.05, 0) is 31.8 Å². The van der Waals surface area contributed by atoms with E-state index in [2.05, 4.69) is 0 Å². The Hall–Kier alpha value is -0.770. The van der Waals surface area contributed by atoms with Crippen LogP contribution in [0.15, 0.2) is 18.2 Å². The normalized spacial score (nSPS) is 13.0. The highest BCUT2D eigenvalue weighted by Gasteiger charge is 2.10. The summed E-state index contributed by atoms with van der Waals surface area (Å²) in [5.41, 5.74) is 6.90. The number of rotatable bonds is 3. The van der Waals surface area contributed by atoms with Crippen LogP contribution < -0.4 is 10.5 Å². The molecule has 0 aromatic heterocycles. The molecular weight excluding hydrogens is 200 g/mol. The molecule has 0 heterocycles. The Bertz CT molecular complexity index is 315. The van der Waals surface area contributed by atoms with Gasteiger partial charge in [0.25, 0.3) is 0 Å². The molecule has 0 fully saturated rings. The molecule has 2 N–H and O–H groups in total. The van der Waals surface area contributed by atoms with Crippen molar-refractivity contribution in [3.8, 4) is 5.75 Å². The molecule has 0 aliphatic rings. The molecule has 0 aliphatic heterocycles. The summed E-state index contributed by atoms with van der Waals surface area (Å²) >= 11 is 5.98. The van der Waals surface area contributed by atoms with Gasteiger partial charge >= 0.3 is 0 Å². The van der Waals surface area contributed by atoms with Crippen molar-refractivity contribution in [3.05, 3.63) is 28.8 Å². The van der Waals surface area contributed by atoms with Crippen LogP contribution in [-0.2, 0) is 0 Å². The van der Waals surface area contributed by atoms with E-state index in [0.29, 0.717) is 10.8 Å². The van der Waals surface area contributed by atoms with E-state index in [-0.39, 0.29) is 6.17 Å². The summed E-state index contributed by atoms with van der Waals surface area (Å²) in [5.74, 6) is 0.668. The molecule has 4 heteroatoms.